The quantitative estimate of drug-likeness (QED) is 0.0262. The second kappa shape index (κ2) is 34.3. The van der Waals surface area contributed by atoms with Gasteiger partial charge < -0.3 is 88.6 Å². The maximum absolute atomic E-state index is 10.7. The number of nitrogens with zero attached hydrogens (tertiary/aromatic N) is 2. The molecule has 10 atom stereocenters. The second-order valence-corrected chi connectivity index (χ2v) is 27.4. The topological polar surface area (TPSA) is 279 Å². The number of hydrogen-bond donors (Lipinski definition) is 8. The van der Waals surface area contributed by atoms with Crippen LogP contribution in [0.4, 0.5) is 26.3 Å². The summed E-state index contributed by atoms with van der Waals surface area (Å²) in [6.45, 7) is 6.89. The van der Waals surface area contributed by atoms with Crippen LogP contribution in [0.1, 0.15) is 106 Å². The molecule has 6 aromatic rings. The normalized spacial score (nSPS) is 27.3. The van der Waals surface area contributed by atoms with Gasteiger partial charge in [0.15, 0.2) is 0 Å². The molecule has 6 aromatic carbocycles. The van der Waals surface area contributed by atoms with E-state index in [1.54, 1.807) is 24.3 Å². The molecule has 0 amide bonds. The van der Waals surface area contributed by atoms with Crippen molar-refractivity contribution in [1.82, 2.24) is 0 Å². The number of carboxylic acids is 2. The predicted octanol–water partition coefficient (Wildman–Crippen LogP) is 7.15. The zero-order valence-electron chi connectivity index (χ0n) is 54.1. The van der Waals surface area contributed by atoms with Gasteiger partial charge in [0.25, 0.3) is 0 Å². The first-order valence-electron chi connectivity index (χ1n) is 32.3. The summed E-state index contributed by atoms with van der Waals surface area (Å²) >= 11 is 13.2. The van der Waals surface area contributed by atoms with Gasteiger partial charge in [0.05, 0.1) is 53.5 Å². The molecule has 4 fully saturated rings. The van der Waals surface area contributed by atoms with E-state index in [1.807, 2.05) is 60.7 Å². The van der Waals surface area contributed by atoms with Crippen LogP contribution in [0.15, 0.2) is 133 Å². The van der Waals surface area contributed by atoms with Crippen molar-refractivity contribution in [2.24, 2.45) is 11.8 Å². The summed E-state index contributed by atoms with van der Waals surface area (Å²) in [5.41, 5.74) is 9.81. The molecule has 0 unspecified atom stereocenters. The summed E-state index contributed by atoms with van der Waals surface area (Å²) < 4.78 is 89.2. The number of hydrogen-bond acceptors (Lipinski definition) is 16. The number of carboxylic acid groups (broad SMARTS) is 2. The maximum Gasteiger partial charge on any atom is 0.430 e. The number of ether oxygens (including phenoxy) is 4. The number of aliphatic hydroxyl groups excluding tert-OH is 8. The molecule has 0 saturated carbocycles. The molecule has 98 heavy (non-hydrogen) atoms. The fraction of sp³-hybridized carbons (Fsp3) is 0.472. The lowest BCUT2D eigenvalue weighted by Crippen LogP contribution is -2.55. The first kappa shape index (κ1) is 77.3. The smallest absolute Gasteiger partial charge is 0.430 e. The van der Waals surface area contributed by atoms with E-state index in [-0.39, 0.29) is 0 Å². The van der Waals surface area contributed by atoms with Crippen LogP contribution in [0.3, 0.4) is 0 Å². The molecule has 0 aliphatic carbocycles. The fourth-order valence-electron chi connectivity index (χ4n) is 13.0. The first-order valence-corrected chi connectivity index (χ1v) is 33.1. The first-order chi connectivity index (χ1) is 46.3. The number of halogens is 8. The molecule has 534 valence electrons. The highest BCUT2D eigenvalue weighted by atomic mass is 35.5. The minimum atomic E-state index is -5.19. The zero-order valence-corrected chi connectivity index (χ0v) is 55.6. The highest BCUT2D eigenvalue weighted by Gasteiger charge is 2.46. The van der Waals surface area contributed by atoms with Gasteiger partial charge in [-0.3, -0.25) is 0 Å². The number of piperidine rings is 2. The van der Waals surface area contributed by atoms with Gasteiger partial charge in [-0.05, 0) is 144 Å². The third kappa shape index (κ3) is 21.5. The molecule has 0 bridgehead atoms. The number of benzene rings is 6. The lowest BCUT2D eigenvalue weighted by Gasteiger charge is -2.42. The van der Waals surface area contributed by atoms with Crippen molar-refractivity contribution in [3.05, 3.63) is 199 Å². The highest BCUT2D eigenvalue weighted by molar-refractivity contribution is 6.31. The average molecular weight is 1420 g/mol. The number of aliphatic carboxylic acids is 2. The van der Waals surface area contributed by atoms with Crippen LogP contribution in [0, 0.1) is 11.8 Å². The summed E-state index contributed by atoms with van der Waals surface area (Å²) in [7, 11) is 4.85. The highest BCUT2D eigenvalue weighted by Crippen LogP contribution is 2.38. The number of rotatable bonds is 21. The number of carbonyl (C=O) groups is 2. The van der Waals surface area contributed by atoms with Gasteiger partial charge in [0, 0.05) is 21.2 Å². The molecular formula is C72H84Cl2F6N2O16. The molecule has 4 heterocycles. The lowest BCUT2D eigenvalue weighted by atomic mass is 9.84. The number of alkyl halides is 6. The second-order valence-electron chi connectivity index (χ2n) is 26.5. The number of likely N-dealkylation sites (tertiary alicyclic amines) is 2. The summed E-state index contributed by atoms with van der Waals surface area (Å²) in [5.74, 6) is -2.85. The molecular weight excluding hydrogens is 1330 g/mol. The Balaban J connectivity index is 0.000000790. The van der Waals surface area contributed by atoms with Crippen LogP contribution in [-0.2, 0) is 58.2 Å². The Kier molecular flexibility index (Phi) is 27.0. The SMILES string of the molecule is C[N+]1(Cc2ccc(COc3ccc(Cc4cc([C@@H]5O[C@H](CO)[C@@H](O)[C@H](O)[C@H]5O)ccc4Cl)cc3)cc2)CCC(CCC2CC[N+](C)(Cc3ccc(COc4ccc(Cc5cc([C@@H]6O[C@H](CO)[C@@H](O)[C@H](O)[C@H]6O)ccc5Cl)cc4)cc3)CC2)CC1.O=C([O-])C(F)(F)F.O=C([O-])C(F)(F)F. The van der Waals surface area contributed by atoms with Gasteiger partial charge >= 0.3 is 12.4 Å². The molecule has 8 N–H and O–H groups in total. The van der Waals surface area contributed by atoms with E-state index in [2.05, 4.69) is 62.6 Å². The van der Waals surface area contributed by atoms with Crippen molar-refractivity contribution >= 4 is 35.1 Å². The molecule has 10 rings (SSSR count). The monoisotopic (exact) mass is 1420 g/mol. The van der Waals surface area contributed by atoms with Crippen LogP contribution in [0.5, 0.6) is 11.5 Å². The largest absolute Gasteiger partial charge is 0.542 e. The summed E-state index contributed by atoms with van der Waals surface area (Å²) in [6.07, 6.45) is -13.8. The molecule has 26 heteroatoms. The van der Waals surface area contributed by atoms with Crippen molar-refractivity contribution in [3.63, 3.8) is 0 Å². The predicted molar refractivity (Wildman–Crippen MR) is 344 cm³/mol. The molecule has 0 aromatic heterocycles. The van der Waals surface area contributed by atoms with Crippen molar-refractivity contribution < 1.29 is 115 Å². The summed E-state index contributed by atoms with van der Waals surface area (Å²) in [6, 6.07) is 44.2. The van der Waals surface area contributed by atoms with E-state index in [0.29, 0.717) is 47.2 Å². The van der Waals surface area contributed by atoms with Crippen molar-refractivity contribution in [1.29, 1.82) is 0 Å². The van der Waals surface area contributed by atoms with E-state index >= 15 is 0 Å². The number of carbonyl (C=O) groups excluding carboxylic acids is 2. The van der Waals surface area contributed by atoms with Gasteiger partial charge in [-0.25, -0.2) is 0 Å². The Labute approximate surface area is 574 Å². The minimum Gasteiger partial charge on any atom is -0.542 e. The van der Waals surface area contributed by atoms with Crippen LogP contribution in [-0.4, -0.2) is 176 Å². The van der Waals surface area contributed by atoms with Gasteiger partial charge in [-0.2, -0.15) is 26.3 Å². The average Bonchev–Trinajstić information content (AvgIpc) is 0.800. The van der Waals surface area contributed by atoms with Crippen molar-refractivity contribution in [2.45, 2.75) is 151 Å². The Morgan fingerprint density at radius 3 is 1.06 bits per heavy atom. The number of aliphatic hydroxyl groups is 8. The van der Waals surface area contributed by atoms with Crippen LogP contribution in [0.2, 0.25) is 10.0 Å². The summed E-state index contributed by atoms with van der Waals surface area (Å²) in [5, 5.41) is 100. The van der Waals surface area contributed by atoms with E-state index in [9.17, 15) is 67.2 Å². The van der Waals surface area contributed by atoms with Gasteiger partial charge in [-0.15, -0.1) is 0 Å². The van der Waals surface area contributed by atoms with E-state index in [4.69, 9.17) is 62.0 Å². The molecule has 0 radical (unpaired) electrons. The molecule has 4 saturated heterocycles. The summed E-state index contributed by atoms with van der Waals surface area (Å²) in [4.78, 5) is 17.6. The third-order valence-electron chi connectivity index (χ3n) is 19.0. The van der Waals surface area contributed by atoms with Crippen LogP contribution >= 0.6 is 23.2 Å². The van der Waals surface area contributed by atoms with Crippen LogP contribution < -0.4 is 19.7 Å². The van der Waals surface area contributed by atoms with Crippen LogP contribution in [0.25, 0.3) is 0 Å². The van der Waals surface area contributed by atoms with E-state index < -0.39 is 98.5 Å². The zero-order chi connectivity index (χ0) is 71.3. The van der Waals surface area contributed by atoms with Gasteiger partial charge in [-0.1, -0.05) is 120 Å². The van der Waals surface area contributed by atoms with E-state index in [0.717, 1.165) is 78.8 Å². The third-order valence-corrected chi connectivity index (χ3v) is 19.7. The molecule has 4 aliphatic heterocycles. The Bertz CT molecular complexity index is 3290. The van der Waals surface area contributed by atoms with Gasteiger partial charge in [0.1, 0.15) is 111 Å². The molecule has 4 aliphatic rings. The molecule has 18 nitrogen and oxygen atoms in total. The Hall–Kier alpha value is -6.46. The standard InChI is InChI=1S/C68H84Cl2N2O12.2C2HF3O2/c1-71(37-47-5-9-49(10-6-47)41-81-55-19-13-45(14-20-55)33-53-35-51(17-23-57(53)69)67-65(79)63(77)61(75)59(39-73)83-67)29-25-43(26-30-71)3-4-44-27-31-72(2,32-28-44)38-48-7-11-50(12-8-48)42-82-56-21-15-46(16-22-56)34-54-36-52(18-24-58(54)70)68-66(80)64(78)62(76)60(40-74)84-68;2*3-2(4,5)1(6)7/h5-24,35-36,43-44,59-68,73-80H,3-4,25-34,37-42H2,1-2H3;2*(H,6,7)/q+2;;/p-2/t43?,44?,59-,60-,61-,62-,63+,64+,65-,66-,67+,68+,71?,72?;;/m1../s1. The minimum absolute atomic E-state index is 0.466. The van der Waals surface area contributed by atoms with Crippen molar-refractivity contribution in [3.8, 4) is 11.5 Å². The maximum atomic E-state index is 10.7. The van der Waals surface area contributed by atoms with E-state index in [1.165, 1.54) is 75.8 Å². The lowest BCUT2D eigenvalue weighted by molar-refractivity contribution is -0.928. The van der Waals surface area contributed by atoms with Crippen molar-refractivity contribution in [2.75, 3.05) is 53.5 Å². The number of quaternary nitrogens is 2. The Morgan fingerprint density at radius 1 is 0.469 bits per heavy atom. The van der Waals surface area contributed by atoms with Gasteiger partial charge in [0.2, 0.25) is 0 Å². The Morgan fingerprint density at radius 2 is 0.765 bits per heavy atom. The fourth-order valence-corrected chi connectivity index (χ4v) is 13.3. The molecule has 0 spiro atoms.